The minimum absolute atomic E-state index is 0.0221. The summed E-state index contributed by atoms with van der Waals surface area (Å²) in [6, 6.07) is 1.99. The standard InChI is InChI=1S/C12H16N2O/c1-3-8(2)9-6-10-11(14-7-9)4-5-13-12(10)15/h6-8H,3-5H2,1-2H3,(H,13,15). The number of hydrogen-bond acceptors (Lipinski definition) is 2. The molecule has 0 fully saturated rings. The molecule has 0 aliphatic carbocycles. The maximum Gasteiger partial charge on any atom is 0.253 e. The highest BCUT2D eigenvalue weighted by Gasteiger charge is 2.18. The van der Waals surface area contributed by atoms with Crippen LogP contribution in [0.25, 0.3) is 0 Å². The van der Waals surface area contributed by atoms with Crippen molar-refractivity contribution in [2.75, 3.05) is 6.54 Å². The number of amides is 1. The molecule has 80 valence electrons. The Morgan fingerprint density at radius 2 is 2.40 bits per heavy atom. The van der Waals surface area contributed by atoms with Gasteiger partial charge in [-0.1, -0.05) is 13.8 Å². The maximum absolute atomic E-state index is 11.6. The Labute approximate surface area is 89.9 Å². The third-order valence-electron chi connectivity index (χ3n) is 3.06. The molecule has 3 heteroatoms. The Hall–Kier alpha value is -1.38. The number of carbonyl (C=O) groups is 1. The maximum atomic E-state index is 11.6. The summed E-state index contributed by atoms with van der Waals surface area (Å²) in [5.74, 6) is 0.492. The van der Waals surface area contributed by atoms with Crippen molar-refractivity contribution in [3.8, 4) is 0 Å². The number of rotatable bonds is 2. The molecule has 0 aromatic carbocycles. The van der Waals surface area contributed by atoms with E-state index >= 15 is 0 Å². The summed E-state index contributed by atoms with van der Waals surface area (Å²) < 4.78 is 0. The molecule has 0 radical (unpaired) electrons. The number of fused-ring (bicyclic) bond motifs is 1. The number of nitrogens with zero attached hydrogens (tertiary/aromatic N) is 1. The van der Waals surface area contributed by atoms with E-state index in [-0.39, 0.29) is 5.91 Å². The number of nitrogens with one attached hydrogen (secondary N) is 1. The molecule has 1 aliphatic rings. The second-order valence-corrected chi connectivity index (χ2v) is 4.08. The molecule has 3 nitrogen and oxygen atoms in total. The molecule has 1 aliphatic heterocycles. The van der Waals surface area contributed by atoms with Gasteiger partial charge in [-0.25, -0.2) is 0 Å². The quantitative estimate of drug-likeness (QED) is 0.799. The van der Waals surface area contributed by atoms with Crippen LogP contribution in [0.2, 0.25) is 0 Å². The third-order valence-corrected chi connectivity index (χ3v) is 3.06. The van der Waals surface area contributed by atoms with Gasteiger partial charge in [-0.15, -0.1) is 0 Å². The van der Waals surface area contributed by atoms with Crippen LogP contribution in [0.15, 0.2) is 12.3 Å². The number of carbonyl (C=O) groups excluding carboxylic acids is 1. The average molecular weight is 204 g/mol. The second kappa shape index (κ2) is 4.01. The molecule has 1 N–H and O–H groups in total. The van der Waals surface area contributed by atoms with Crippen LogP contribution < -0.4 is 5.32 Å². The van der Waals surface area contributed by atoms with Gasteiger partial charge < -0.3 is 5.32 Å². The predicted octanol–water partition coefficient (Wildman–Crippen LogP) is 1.88. The van der Waals surface area contributed by atoms with Gasteiger partial charge >= 0.3 is 0 Å². The van der Waals surface area contributed by atoms with Crippen molar-refractivity contribution in [1.29, 1.82) is 0 Å². The van der Waals surface area contributed by atoms with Gasteiger partial charge in [0.2, 0.25) is 0 Å². The number of hydrogen-bond donors (Lipinski definition) is 1. The number of aromatic nitrogens is 1. The highest BCUT2D eigenvalue weighted by atomic mass is 16.1. The first-order valence-corrected chi connectivity index (χ1v) is 5.49. The van der Waals surface area contributed by atoms with E-state index in [9.17, 15) is 4.79 Å². The lowest BCUT2D eigenvalue weighted by molar-refractivity contribution is 0.0945. The van der Waals surface area contributed by atoms with Crippen molar-refractivity contribution in [1.82, 2.24) is 10.3 Å². The molecule has 0 spiro atoms. The molecule has 1 aromatic heterocycles. The molecular formula is C12H16N2O. The lowest BCUT2D eigenvalue weighted by Gasteiger charge is -2.17. The summed E-state index contributed by atoms with van der Waals surface area (Å²) in [5.41, 5.74) is 2.86. The molecule has 1 aromatic rings. The Bertz CT molecular complexity index is 387. The van der Waals surface area contributed by atoms with Gasteiger partial charge in [0.05, 0.1) is 11.3 Å². The Morgan fingerprint density at radius 1 is 1.60 bits per heavy atom. The minimum Gasteiger partial charge on any atom is -0.352 e. The highest BCUT2D eigenvalue weighted by Crippen LogP contribution is 2.21. The van der Waals surface area contributed by atoms with Crippen molar-refractivity contribution >= 4 is 5.91 Å². The summed E-state index contributed by atoms with van der Waals surface area (Å²) in [4.78, 5) is 16.0. The van der Waals surface area contributed by atoms with Crippen LogP contribution in [0.3, 0.4) is 0 Å². The first-order valence-electron chi connectivity index (χ1n) is 5.49. The van der Waals surface area contributed by atoms with Gasteiger partial charge in [-0.05, 0) is 24.0 Å². The van der Waals surface area contributed by atoms with Crippen molar-refractivity contribution in [3.63, 3.8) is 0 Å². The van der Waals surface area contributed by atoms with Gasteiger partial charge in [0.15, 0.2) is 0 Å². The normalized spacial score (nSPS) is 16.8. The second-order valence-electron chi connectivity index (χ2n) is 4.08. The van der Waals surface area contributed by atoms with Gasteiger partial charge in [0.1, 0.15) is 0 Å². The lowest BCUT2D eigenvalue weighted by atomic mass is 9.96. The summed E-state index contributed by atoms with van der Waals surface area (Å²) in [7, 11) is 0. The van der Waals surface area contributed by atoms with Crippen LogP contribution in [0.4, 0.5) is 0 Å². The fraction of sp³-hybridized carbons (Fsp3) is 0.500. The van der Waals surface area contributed by atoms with E-state index in [2.05, 4.69) is 24.1 Å². The molecule has 1 amide bonds. The Morgan fingerprint density at radius 3 is 3.13 bits per heavy atom. The predicted molar refractivity (Wildman–Crippen MR) is 59.0 cm³/mol. The Balaban J connectivity index is 2.39. The van der Waals surface area contributed by atoms with Crippen molar-refractivity contribution < 1.29 is 4.79 Å². The Kier molecular flexibility index (Phi) is 2.71. The summed E-state index contributed by atoms with van der Waals surface area (Å²) >= 11 is 0. The minimum atomic E-state index is 0.0221. The van der Waals surface area contributed by atoms with E-state index in [0.29, 0.717) is 12.5 Å². The first-order chi connectivity index (χ1) is 7.22. The van der Waals surface area contributed by atoms with E-state index in [1.807, 2.05) is 12.3 Å². The largest absolute Gasteiger partial charge is 0.352 e. The zero-order chi connectivity index (χ0) is 10.8. The summed E-state index contributed by atoms with van der Waals surface area (Å²) in [5, 5.41) is 2.84. The van der Waals surface area contributed by atoms with E-state index in [4.69, 9.17) is 0 Å². The zero-order valence-electron chi connectivity index (χ0n) is 9.21. The average Bonchev–Trinajstić information content (AvgIpc) is 2.28. The molecule has 2 heterocycles. The zero-order valence-corrected chi connectivity index (χ0v) is 9.21. The highest BCUT2D eigenvalue weighted by molar-refractivity contribution is 5.96. The monoisotopic (exact) mass is 204 g/mol. The smallest absolute Gasteiger partial charge is 0.253 e. The molecule has 2 rings (SSSR count). The molecule has 1 unspecified atom stereocenters. The number of pyridine rings is 1. The first kappa shape index (κ1) is 10.1. The third kappa shape index (κ3) is 1.87. The van der Waals surface area contributed by atoms with E-state index in [0.717, 1.165) is 29.7 Å². The SMILES string of the molecule is CCC(C)c1cnc2c(c1)C(=O)NCC2. The van der Waals surface area contributed by atoms with Crippen LogP contribution in [-0.4, -0.2) is 17.4 Å². The van der Waals surface area contributed by atoms with Crippen LogP contribution in [-0.2, 0) is 6.42 Å². The van der Waals surface area contributed by atoms with Gasteiger partial charge in [-0.2, -0.15) is 0 Å². The van der Waals surface area contributed by atoms with Gasteiger partial charge in [-0.3, -0.25) is 9.78 Å². The van der Waals surface area contributed by atoms with Crippen molar-refractivity contribution in [3.05, 3.63) is 29.1 Å². The van der Waals surface area contributed by atoms with E-state index < -0.39 is 0 Å². The molecule has 0 saturated carbocycles. The van der Waals surface area contributed by atoms with E-state index in [1.165, 1.54) is 0 Å². The van der Waals surface area contributed by atoms with E-state index in [1.54, 1.807) is 0 Å². The summed E-state index contributed by atoms with van der Waals surface area (Å²) in [6.07, 6.45) is 3.83. The topological polar surface area (TPSA) is 42.0 Å². The van der Waals surface area contributed by atoms with Crippen LogP contribution in [0.1, 0.15) is 47.8 Å². The molecular weight excluding hydrogens is 188 g/mol. The molecule has 1 atom stereocenters. The van der Waals surface area contributed by atoms with Crippen molar-refractivity contribution in [2.24, 2.45) is 0 Å². The van der Waals surface area contributed by atoms with Gasteiger partial charge in [0.25, 0.3) is 5.91 Å². The summed E-state index contributed by atoms with van der Waals surface area (Å²) in [6.45, 7) is 5.01. The van der Waals surface area contributed by atoms with Crippen molar-refractivity contribution in [2.45, 2.75) is 32.6 Å². The molecule has 0 saturated heterocycles. The van der Waals surface area contributed by atoms with Crippen LogP contribution in [0.5, 0.6) is 0 Å². The molecule has 0 bridgehead atoms. The lowest BCUT2D eigenvalue weighted by Crippen LogP contribution is -2.32. The van der Waals surface area contributed by atoms with Crippen LogP contribution in [0, 0.1) is 0 Å². The van der Waals surface area contributed by atoms with Crippen LogP contribution >= 0.6 is 0 Å². The fourth-order valence-corrected chi connectivity index (χ4v) is 1.80. The van der Waals surface area contributed by atoms with Gasteiger partial charge in [0, 0.05) is 19.2 Å². The fourth-order valence-electron chi connectivity index (χ4n) is 1.80. The molecule has 15 heavy (non-hydrogen) atoms.